The highest BCUT2D eigenvalue weighted by molar-refractivity contribution is 14.1. The molecule has 4 heteroatoms. The lowest BCUT2D eigenvalue weighted by atomic mass is 9.85. The average molecular weight is 359 g/mol. The second-order valence-electron chi connectivity index (χ2n) is 5.00. The fourth-order valence-corrected chi connectivity index (χ4v) is 2.83. The maximum atomic E-state index is 4.79. The topological polar surface area (TPSA) is 37.8 Å². The molecule has 1 aliphatic rings. The zero-order valence-corrected chi connectivity index (χ0v) is 13.5. The summed E-state index contributed by atoms with van der Waals surface area (Å²) >= 11 is 2.39. The van der Waals surface area contributed by atoms with Gasteiger partial charge in [-0.05, 0) is 48.3 Å². The van der Waals surface area contributed by atoms with Gasteiger partial charge in [0.2, 0.25) is 0 Å². The minimum absolute atomic E-state index is 0.611. The monoisotopic (exact) mass is 359 g/mol. The molecule has 2 rings (SSSR count). The van der Waals surface area contributed by atoms with Gasteiger partial charge in [-0.3, -0.25) is 0 Å². The Morgan fingerprint density at radius 1 is 1.22 bits per heavy atom. The number of rotatable bonds is 6. The first kappa shape index (κ1) is 14.0. The fraction of sp³-hybridized carbons (Fsp3) is 0.714. The van der Waals surface area contributed by atoms with Gasteiger partial charge >= 0.3 is 0 Å². The first-order chi connectivity index (χ1) is 8.76. The van der Waals surface area contributed by atoms with Crippen LogP contribution in [0, 0.1) is 3.57 Å². The lowest BCUT2D eigenvalue weighted by molar-refractivity contribution is 0.400. The highest BCUT2D eigenvalue weighted by Crippen LogP contribution is 2.35. The number of nitrogens with zero attached hydrogens (tertiary/aromatic N) is 2. The summed E-state index contributed by atoms with van der Waals surface area (Å²) in [5.41, 5.74) is 1.23. The second kappa shape index (κ2) is 6.68. The summed E-state index contributed by atoms with van der Waals surface area (Å²) in [5, 5.41) is 3.45. The molecule has 0 radical (unpaired) electrons. The van der Waals surface area contributed by atoms with E-state index in [0.29, 0.717) is 5.92 Å². The number of aryl methyl sites for hydroxylation is 1. The van der Waals surface area contributed by atoms with Crippen molar-refractivity contribution in [2.45, 2.75) is 58.3 Å². The van der Waals surface area contributed by atoms with Gasteiger partial charge in [-0.15, -0.1) is 0 Å². The molecular formula is C14H22IN3. The summed E-state index contributed by atoms with van der Waals surface area (Å²) in [5.74, 6) is 2.74. The van der Waals surface area contributed by atoms with Gasteiger partial charge in [0, 0.05) is 12.5 Å². The maximum Gasteiger partial charge on any atom is 0.143 e. The molecule has 18 heavy (non-hydrogen) atoms. The summed E-state index contributed by atoms with van der Waals surface area (Å²) in [6.07, 6.45) is 7.19. The molecule has 0 atom stereocenters. The van der Waals surface area contributed by atoms with E-state index in [9.17, 15) is 0 Å². The molecule has 1 aliphatic carbocycles. The van der Waals surface area contributed by atoms with Crippen LogP contribution >= 0.6 is 22.6 Å². The molecule has 0 spiro atoms. The Hall–Kier alpha value is -0.390. The number of hydrogen-bond donors (Lipinski definition) is 1. The molecule has 0 aromatic carbocycles. The molecule has 3 nitrogen and oxygen atoms in total. The summed E-state index contributed by atoms with van der Waals surface area (Å²) < 4.78 is 1.21. The third-order valence-corrected chi connectivity index (χ3v) is 4.57. The first-order valence-electron chi connectivity index (χ1n) is 7.06. The van der Waals surface area contributed by atoms with Crippen LogP contribution in [0.3, 0.4) is 0 Å². The van der Waals surface area contributed by atoms with Crippen LogP contribution in [0.5, 0.6) is 0 Å². The lowest BCUT2D eigenvalue weighted by Crippen LogP contribution is -2.17. The average Bonchev–Trinajstić information content (AvgIpc) is 2.29. The van der Waals surface area contributed by atoms with Crippen LogP contribution in [0.1, 0.15) is 63.4 Å². The zero-order chi connectivity index (χ0) is 13.0. The van der Waals surface area contributed by atoms with Crippen LogP contribution in [0.15, 0.2) is 0 Å². The lowest BCUT2D eigenvalue weighted by Gasteiger charge is -2.25. The van der Waals surface area contributed by atoms with Crippen LogP contribution in [0.2, 0.25) is 0 Å². The Labute approximate surface area is 123 Å². The van der Waals surface area contributed by atoms with Crippen molar-refractivity contribution < 1.29 is 0 Å². The van der Waals surface area contributed by atoms with Crippen molar-refractivity contribution in [1.82, 2.24) is 9.97 Å². The summed E-state index contributed by atoms with van der Waals surface area (Å²) in [6.45, 7) is 5.38. The molecule has 1 aromatic heterocycles. The molecule has 0 saturated heterocycles. The summed E-state index contributed by atoms with van der Waals surface area (Å²) in [7, 11) is 0. The van der Waals surface area contributed by atoms with Crippen LogP contribution in [-0.4, -0.2) is 16.5 Å². The van der Waals surface area contributed by atoms with E-state index >= 15 is 0 Å². The Morgan fingerprint density at radius 2 is 2.00 bits per heavy atom. The van der Waals surface area contributed by atoms with Crippen LogP contribution < -0.4 is 5.32 Å². The second-order valence-corrected chi connectivity index (χ2v) is 6.07. The molecule has 0 unspecified atom stereocenters. The van der Waals surface area contributed by atoms with Gasteiger partial charge in [-0.25, -0.2) is 9.97 Å². The maximum absolute atomic E-state index is 4.79. The number of anilines is 1. The zero-order valence-electron chi connectivity index (χ0n) is 11.3. The standard InChI is InChI=1S/C14H22IN3/c1-3-6-11-12(15)14(16-9-4-2)18-13(17-11)10-7-5-8-10/h10H,3-9H2,1-2H3,(H,16,17,18). The molecule has 0 aliphatic heterocycles. The summed E-state index contributed by atoms with van der Waals surface area (Å²) in [4.78, 5) is 9.54. The van der Waals surface area contributed by atoms with E-state index in [4.69, 9.17) is 9.97 Å². The van der Waals surface area contributed by atoms with Crippen molar-refractivity contribution in [2.24, 2.45) is 0 Å². The Morgan fingerprint density at radius 3 is 2.56 bits per heavy atom. The SMILES string of the molecule is CCCNc1nc(C2CCC2)nc(CCC)c1I. The van der Waals surface area contributed by atoms with E-state index in [1.807, 2.05) is 0 Å². The quantitative estimate of drug-likeness (QED) is 0.777. The Balaban J connectivity index is 2.27. The molecule has 1 aromatic rings. The summed E-state index contributed by atoms with van der Waals surface area (Å²) in [6, 6.07) is 0. The van der Waals surface area contributed by atoms with Crippen molar-refractivity contribution in [1.29, 1.82) is 0 Å². The van der Waals surface area contributed by atoms with Gasteiger partial charge < -0.3 is 5.32 Å². The number of halogens is 1. The molecule has 0 amide bonds. The van der Waals surface area contributed by atoms with E-state index in [1.54, 1.807) is 0 Å². The Bertz CT molecular complexity index is 402. The van der Waals surface area contributed by atoms with E-state index in [0.717, 1.165) is 37.4 Å². The number of nitrogens with one attached hydrogen (secondary N) is 1. The third kappa shape index (κ3) is 3.13. The predicted molar refractivity (Wildman–Crippen MR) is 84.1 cm³/mol. The fourth-order valence-electron chi connectivity index (χ4n) is 2.12. The minimum atomic E-state index is 0.611. The van der Waals surface area contributed by atoms with Gasteiger partial charge in [0.25, 0.3) is 0 Å². The molecular weight excluding hydrogens is 337 g/mol. The van der Waals surface area contributed by atoms with Gasteiger partial charge in [-0.2, -0.15) is 0 Å². The smallest absolute Gasteiger partial charge is 0.143 e. The van der Waals surface area contributed by atoms with Gasteiger partial charge in [0.15, 0.2) is 0 Å². The third-order valence-electron chi connectivity index (χ3n) is 3.44. The van der Waals surface area contributed by atoms with E-state index in [1.165, 1.54) is 28.5 Å². The largest absolute Gasteiger partial charge is 0.369 e. The van der Waals surface area contributed by atoms with Crippen molar-refractivity contribution in [3.63, 3.8) is 0 Å². The molecule has 1 saturated carbocycles. The van der Waals surface area contributed by atoms with Gasteiger partial charge in [0.05, 0.1) is 9.26 Å². The number of hydrogen-bond acceptors (Lipinski definition) is 3. The molecule has 100 valence electrons. The highest BCUT2D eigenvalue weighted by atomic mass is 127. The van der Waals surface area contributed by atoms with Crippen molar-refractivity contribution in [2.75, 3.05) is 11.9 Å². The van der Waals surface area contributed by atoms with Gasteiger partial charge in [0.1, 0.15) is 11.6 Å². The molecule has 0 bridgehead atoms. The minimum Gasteiger partial charge on any atom is -0.369 e. The Kier molecular flexibility index (Phi) is 5.21. The molecule has 1 fully saturated rings. The van der Waals surface area contributed by atoms with Crippen molar-refractivity contribution in [3.05, 3.63) is 15.1 Å². The van der Waals surface area contributed by atoms with E-state index in [-0.39, 0.29) is 0 Å². The molecule has 1 N–H and O–H groups in total. The normalized spacial score (nSPS) is 15.5. The highest BCUT2D eigenvalue weighted by Gasteiger charge is 2.24. The first-order valence-corrected chi connectivity index (χ1v) is 8.14. The van der Waals surface area contributed by atoms with Crippen LogP contribution in [-0.2, 0) is 6.42 Å². The number of aromatic nitrogens is 2. The van der Waals surface area contributed by atoms with E-state index in [2.05, 4.69) is 41.8 Å². The van der Waals surface area contributed by atoms with Crippen LogP contribution in [0.25, 0.3) is 0 Å². The predicted octanol–water partition coefficient (Wildman–Crippen LogP) is 4.12. The van der Waals surface area contributed by atoms with Crippen LogP contribution in [0.4, 0.5) is 5.82 Å². The van der Waals surface area contributed by atoms with Crippen molar-refractivity contribution >= 4 is 28.4 Å². The van der Waals surface area contributed by atoms with E-state index < -0.39 is 0 Å². The van der Waals surface area contributed by atoms with Gasteiger partial charge in [-0.1, -0.05) is 26.7 Å². The molecule has 1 heterocycles. The van der Waals surface area contributed by atoms with Crippen molar-refractivity contribution in [3.8, 4) is 0 Å².